The first kappa shape index (κ1) is 12.5. The highest BCUT2D eigenvalue weighted by Gasteiger charge is 2.16. The van der Waals surface area contributed by atoms with Gasteiger partial charge in [0.25, 0.3) is 0 Å². The van der Waals surface area contributed by atoms with E-state index in [1.165, 1.54) is 51.4 Å². The summed E-state index contributed by atoms with van der Waals surface area (Å²) in [5.74, 6) is 2.19. The van der Waals surface area contributed by atoms with Crippen molar-refractivity contribution < 1.29 is 0 Å². The van der Waals surface area contributed by atoms with Crippen molar-refractivity contribution in [2.45, 2.75) is 89.9 Å². The molecular formula is C16H30. The molecule has 0 aromatic rings. The fourth-order valence-corrected chi connectivity index (χ4v) is 3.78. The van der Waals surface area contributed by atoms with Gasteiger partial charge in [-0.05, 0) is 11.8 Å². The Bertz CT molecular complexity index is 155. The summed E-state index contributed by atoms with van der Waals surface area (Å²) in [7, 11) is 0. The van der Waals surface area contributed by atoms with E-state index in [0.29, 0.717) is 0 Å². The lowest BCUT2D eigenvalue weighted by Gasteiger charge is -2.18. The summed E-state index contributed by atoms with van der Waals surface area (Å²) in [6.45, 7) is 0. The minimum absolute atomic E-state index is 1.10. The summed E-state index contributed by atoms with van der Waals surface area (Å²) in [5.41, 5.74) is 0. The van der Waals surface area contributed by atoms with E-state index in [1.54, 1.807) is 38.5 Å². The Kier molecular flexibility index (Phi) is 5.72. The fraction of sp³-hybridized carbons (Fsp3) is 1.00. The van der Waals surface area contributed by atoms with Gasteiger partial charge in [0, 0.05) is 0 Å². The van der Waals surface area contributed by atoms with Crippen LogP contribution in [0.5, 0.6) is 0 Å². The molecule has 0 aliphatic heterocycles. The highest BCUT2D eigenvalue weighted by atomic mass is 14.2. The molecule has 2 saturated carbocycles. The molecule has 2 aliphatic rings. The van der Waals surface area contributed by atoms with Crippen LogP contribution in [0, 0.1) is 11.8 Å². The van der Waals surface area contributed by atoms with Gasteiger partial charge in [0.1, 0.15) is 0 Å². The molecule has 2 atom stereocenters. The van der Waals surface area contributed by atoms with E-state index in [1.807, 2.05) is 0 Å². The maximum atomic E-state index is 1.56. The summed E-state index contributed by atoms with van der Waals surface area (Å²) >= 11 is 0. The average molecular weight is 222 g/mol. The van der Waals surface area contributed by atoms with Crippen LogP contribution in [-0.2, 0) is 0 Å². The molecule has 2 bridgehead atoms. The molecule has 0 aromatic heterocycles. The van der Waals surface area contributed by atoms with E-state index in [2.05, 4.69) is 0 Å². The SMILES string of the molecule is C1CCCC2CCCCCC(CCC1)CC2. The fourth-order valence-electron chi connectivity index (χ4n) is 3.78. The molecule has 0 heteroatoms. The molecule has 0 amide bonds. The minimum atomic E-state index is 1.10. The molecule has 0 N–H and O–H groups in total. The second kappa shape index (κ2) is 7.35. The van der Waals surface area contributed by atoms with Crippen LogP contribution in [0.15, 0.2) is 0 Å². The highest BCUT2D eigenvalue weighted by molar-refractivity contribution is 4.70. The average Bonchev–Trinajstić information content (AvgIpc) is 2.37. The van der Waals surface area contributed by atoms with E-state index in [4.69, 9.17) is 0 Å². The Balaban J connectivity index is 1.89. The first-order valence-electron chi connectivity index (χ1n) is 7.95. The Morgan fingerprint density at radius 1 is 0.312 bits per heavy atom. The Labute approximate surface area is 102 Å². The summed E-state index contributed by atoms with van der Waals surface area (Å²) < 4.78 is 0. The largest absolute Gasteiger partial charge is 0.0533 e. The molecule has 0 nitrogen and oxygen atoms in total. The van der Waals surface area contributed by atoms with Crippen molar-refractivity contribution in [3.05, 3.63) is 0 Å². The maximum Gasteiger partial charge on any atom is -0.0414 e. The molecule has 2 unspecified atom stereocenters. The van der Waals surface area contributed by atoms with E-state index in [0.717, 1.165) is 11.8 Å². The number of hydrogen-bond donors (Lipinski definition) is 0. The second-order valence-electron chi connectivity index (χ2n) is 6.29. The van der Waals surface area contributed by atoms with E-state index < -0.39 is 0 Å². The smallest absolute Gasteiger partial charge is 0.0414 e. The molecule has 2 rings (SSSR count). The lowest BCUT2D eigenvalue weighted by atomic mass is 9.88. The summed E-state index contributed by atoms with van der Waals surface area (Å²) in [6, 6.07) is 0. The molecule has 16 heavy (non-hydrogen) atoms. The lowest BCUT2D eigenvalue weighted by Crippen LogP contribution is -2.04. The van der Waals surface area contributed by atoms with E-state index in [-0.39, 0.29) is 0 Å². The van der Waals surface area contributed by atoms with Crippen LogP contribution in [0.2, 0.25) is 0 Å². The quantitative estimate of drug-likeness (QED) is 0.492. The normalized spacial score (nSPS) is 34.5. The summed E-state index contributed by atoms with van der Waals surface area (Å²) in [6.07, 6.45) is 21.5. The molecule has 0 saturated heterocycles. The number of fused-ring (bicyclic) bond motifs is 3. The molecule has 94 valence electrons. The number of hydrogen-bond acceptors (Lipinski definition) is 0. The molecule has 2 aliphatic carbocycles. The zero-order chi connectivity index (χ0) is 11.1. The van der Waals surface area contributed by atoms with Gasteiger partial charge in [-0.2, -0.15) is 0 Å². The summed E-state index contributed by atoms with van der Waals surface area (Å²) in [5, 5.41) is 0. The first-order valence-corrected chi connectivity index (χ1v) is 7.95. The molecule has 0 aromatic carbocycles. The van der Waals surface area contributed by atoms with Crippen LogP contribution in [0.1, 0.15) is 89.9 Å². The van der Waals surface area contributed by atoms with Crippen molar-refractivity contribution in [2.75, 3.05) is 0 Å². The van der Waals surface area contributed by atoms with Gasteiger partial charge in [-0.15, -0.1) is 0 Å². The van der Waals surface area contributed by atoms with Gasteiger partial charge in [0.15, 0.2) is 0 Å². The lowest BCUT2D eigenvalue weighted by molar-refractivity contribution is 0.345. The predicted molar refractivity (Wildman–Crippen MR) is 71.6 cm³/mol. The standard InChI is InChI=1S/C16H30/c1-2-5-9-15-11-7-4-8-12-16(14-13-15)10-6-3-1/h15-16H,1-14H2. The van der Waals surface area contributed by atoms with Crippen molar-refractivity contribution in [3.8, 4) is 0 Å². The molecular weight excluding hydrogens is 192 g/mol. The van der Waals surface area contributed by atoms with Crippen LogP contribution in [-0.4, -0.2) is 0 Å². The third-order valence-electron chi connectivity index (χ3n) is 4.93. The number of rotatable bonds is 0. The maximum absolute atomic E-state index is 1.56. The zero-order valence-corrected chi connectivity index (χ0v) is 11.1. The van der Waals surface area contributed by atoms with Crippen molar-refractivity contribution in [3.63, 3.8) is 0 Å². The van der Waals surface area contributed by atoms with Gasteiger partial charge < -0.3 is 0 Å². The molecule has 0 heterocycles. The Morgan fingerprint density at radius 2 is 0.625 bits per heavy atom. The van der Waals surface area contributed by atoms with E-state index in [9.17, 15) is 0 Å². The van der Waals surface area contributed by atoms with Crippen LogP contribution in [0.4, 0.5) is 0 Å². The zero-order valence-electron chi connectivity index (χ0n) is 11.1. The van der Waals surface area contributed by atoms with Crippen molar-refractivity contribution in [2.24, 2.45) is 11.8 Å². The Hall–Kier alpha value is 0. The van der Waals surface area contributed by atoms with Gasteiger partial charge in [-0.25, -0.2) is 0 Å². The van der Waals surface area contributed by atoms with Crippen molar-refractivity contribution in [1.29, 1.82) is 0 Å². The predicted octanol–water partition coefficient (Wildman–Crippen LogP) is 5.71. The van der Waals surface area contributed by atoms with Gasteiger partial charge in [0.05, 0.1) is 0 Å². The monoisotopic (exact) mass is 222 g/mol. The second-order valence-corrected chi connectivity index (χ2v) is 6.29. The van der Waals surface area contributed by atoms with Crippen LogP contribution in [0.3, 0.4) is 0 Å². The molecule has 2 fully saturated rings. The molecule has 0 radical (unpaired) electrons. The van der Waals surface area contributed by atoms with Crippen molar-refractivity contribution in [1.82, 2.24) is 0 Å². The van der Waals surface area contributed by atoms with Gasteiger partial charge in [0.2, 0.25) is 0 Å². The van der Waals surface area contributed by atoms with E-state index >= 15 is 0 Å². The van der Waals surface area contributed by atoms with Crippen LogP contribution in [0.25, 0.3) is 0 Å². The first-order chi connectivity index (χ1) is 7.95. The highest BCUT2D eigenvalue weighted by Crippen LogP contribution is 2.32. The van der Waals surface area contributed by atoms with Gasteiger partial charge in [-0.3, -0.25) is 0 Å². The van der Waals surface area contributed by atoms with Crippen molar-refractivity contribution >= 4 is 0 Å². The van der Waals surface area contributed by atoms with Gasteiger partial charge in [-0.1, -0.05) is 89.9 Å². The van der Waals surface area contributed by atoms with Crippen LogP contribution < -0.4 is 0 Å². The third kappa shape index (κ3) is 4.47. The molecule has 0 spiro atoms. The van der Waals surface area contributed by atoms with Gasteiger partial charge >= 0.3 is 0 Å². The summed E-state index contributed by atoms with van der Waals surface area (Å²) in [4.78, 5) is 0. The minimum Gasteiger partial charge on any atom is -0.0533 e. The topological polar surface area (TPSA) is 0 Å². The third-order valence-corrected chi connectivity index (χ3v) is 4.93. The van der Waals surface area contributed by atoms with Crippen LogP contribution >= 0.6 is 0 Å². The Morgan fingerprint density at radius 3 is 1.06 bits per heavy atom.